The van der Waals surface area contributed by atoms with Crippen molar-refractivity contribution in [2.75, 3.05) is 13.4 Å². The zero-order valence-corrected chi connectivity index (χ0v) is 11.2. The van der Waals surface area contributed by atoms with E-state index in [1.54, 1.807) is 19.7 Å². The number of rotatable bonds is 5. The predicted octanol–water partition coefficient (Wildman–Crippen LogP) is 1.27. The molecule has 0 saturated heterocycles. The van der Waals surface area contributed by atoms with E-state index in [1.807, 2.05) is 28.8 Å². The van der Waals surface area contributed by atoms with Crippen molar-refractivity contribution >= 4 is 10.8 Å². The Bertz CT molecular complexity index is 537. The number of ether oxygens (including phenoxy) is 1. The van der Waals surface area contributed by atoms with Crippen molar-refractivity contribution in [1.29, 1.82) is 0 Å². The zero-order chi connectivity index (χ0) is 13.0. The molecule has 0 amide bonds. The van der Waals surface area contributed by atoms with Crippen LogP contribution < -0.4 is 4.74 Å². The van der Waals surface area contributed by atoms with E-state index < -0.39 is 10.8 Å². The van der Waals surface area contributed by atoms with Crippen LogP contribution in [-0.2, 0) is 23.8 Å². The van der Waals surface area contributed by atoms with Crippen LogP contribution in [0.5, 0.6) is 5.75 Å². The van der Waals surface area contributed by atoms with Gasteiger partial charge in [-0.3, -0.25) is 4.21 Å². The monoisotopic (exact) mass is 265 g/mol. The number of benzene rings is 1. The van der Waals surface area contributed by atoms with E-state index >= 15 is 0 Å². The van der Waals surface area contributed by atoms with Crippen molar-refractivity contribution in [1.82, 2.24) is 14.8 Å². The van der Waals surface area contributed by atoms with Gasteiger partial charge in [0.05, 0.1) is 17.9 Å². The number of hydrogen-bond acceptors (Lipinski definition) is 4. The Hall–Kier alpha value is -1.69. The van der Waals surface area contributed by atoms with E-state index in [1.165, 1.54) is 5.56 Å². The van der Waals surface area contributed by atoms with E-state index in [0.29, 0.717) is 11.7 Å². The molecule has 1 aromatic carbocycles. The standard InChI is InChI=1S/C12H15N3O2S/c1-17-11-5-3-10(4-6-11)7-8-15-9-13-14-12(15)18(2)16/h3-6,9H,7-8H2,1-2H3. The number of methoxy groups -OCH3 is 1. The fourth-order valence-electron chi connectivity index (χ4n) is 1.66. The largest absolute Gasteiger partial charge is 0.497 e. The van der Waals surface area contributed by atoms with Crippen molar-refractivity contribution < 1.29 is 8.95 Å². The Balaban J connectivity index is 2.02. The van der Waals surface area contributed by atoms with Gasteiger partial charge in [-0.1, -0.05) is 12.1 Å². The van der Waals surface area contributed by atoms with Gasteiger partial charge in [0.1, 0.15) is 12.1 Å². The van der Waals surface area contributed by atoms with Crippen LogP contribution in [0.1, 0.15) is 5.56 Å². The summed E-state index contributed by atoms with van der Waals surface area (Å²) in [4.78, 5) is 0. The smallest absolute Gasteiger partial charge is 0.221 e. The molecule has 0 spiro atoms. The molecular weight excluding hydrogens is 250 g/mol. The summed E-state index contributed by atoms with van der Waals surface area (Å²) in [5, 5.41) is 8.15. The minimum absolute atomic E-state index is 0.517. The SMILES string of the molecule is COc1ccc(CCn2cnnc2S(C)=O)cc1. The van der Waals surface area contributed by atoms with Crippen LogP contribution >= 0.6 is 0 Å². The Morgan fingerprint density at radius 2 is 2.06 bits per heavy atom. The van der Waals surface area contributed by atoms with E-state index in [9.17, 15) is 4.21 Å². The lowest BCUT2D eigenvalue weighted by atomic mass is 10.1. The highest BCUT2D eigenvalue weighted by molar-refractivity contribution is 7.84. The zero-order valence-electron chi connectivity index (χ0n) is 10.4. The molecular formula is C12H15N3O2S. The molecule has 18 heavy (non-hydrogen) atoms. The van der Waals surface area contributed by atoms with Gasteiger partial charge in [0, 0.05) is 12.8 Å². The fraction of sp³-hybridized carbons (Fsp3) is 0.333. The summed E-state index contributed by atoms with van der Waals surface area (Å²) >= 11 is 0. The molecule has 2 aromatic rings. The Morgan fingerprint density at radius 1 is 1.33 bits per heavy atom. The first kappa shape index (κ1) is 12.8. The molecule has 0 saturated carbocycles. The van der Waals surface area contributed by atoms with E-state index in [4.69, 9.17) is 4.74 Å². The van der Waals surface area contributed by atoms with Crippen molar-refractivity contribution in [3.05, 3.63) is 36.2 Å². The minimum Gasteiger partial charge on any atom is -0.497 e. The third kappa shape index (κ3) is 2.95. The van der Waals surface area contributed by atoms with Gasteiger partial charge in [-0.25, -0.2) is 0 Å². The van der Waals surface area contributed by atoms with Gasteiger partial charge >= 0.3 is 0 Å². The molecule has 1 atom stereocenters. The molecule has 0 radical (unpaired) electrons. The van der Waals surface area contributed by atoms with Gasteiger partial charge in [-0.2, -0.15) is 0 Å². The van der Waals surface area contributed by atoms with Crippen LogP contribution in [0.15, 0.2) is 35.7 Å². The molecule has 1 unspecified atom stereocenters. The third-order valence-corrected chi connectivity index (χ3v) is 3.47. The second-order valence-electron chi connectivity index (χ2n) is 3.86. The molecule has 0 aliphatic carbocycles. The first-order valence-electron chi connectivity index (χ1n) is 5.55. The summed E-state index contributed by atoms with van der Waals surface area (Å²) in [6.07, 6.45) is 4.06. The molecule has 2 rings (SSSR count). The molecule has 0 bridgehead atoms. The third-order valence-electron chi connectivity index (χ3n) is 2.64. The average Bonchev–Trinajstić information content (AvgIpc) is 2.85. The van der Waals surface area contributed by atoms with Crippen LogP contribution in [0, 0.1) is 0 Å². The van der Waals surface area contributed by atoms with Gasteiger partial charge in [-0.05, 0) is 24.1 Å². The summed E-state index contributed by atoms with van der Waals surface area (Å²) in [5.74, 6) is 0.846. The maximum atomic E-state index is 11.4. The molecule has 6 heteroatoms. The molecule has 0 aliphatic rings. The number of nitrogens with zero attached hydrogens (tertiary/aromatic N) is 3. The van der Waals surface area contributed by atoms with E-state index in [0.717, 1.165) is 12.2 Å². The Kier molecular flexibility index (Phi) is 4.09. The molecule has 96 valence electrons. The topological polar surface area (TPSA) is 57.0 Å². The second-order valence-corrected chi connectivity index (χ2v) is 5.13. The number of hydrogen-bond donors (Lipinski definition) is 0. The van der Waals surface area contributed by atoms with Crippen molar-refractivity contribution in [3.8, 4) is 5.75 Å². The summed E-state index contributed by atoms with van der Waals surface area (Å²) in [6.45, 7) is 0.717. The highest BCUT2D eigenvalue weighted by atomic mass is 32.2. The molecule has 0 N–H and O–H groups in total. The van der Waals surface area contributed by atoms with Crippen LogP contribution in [0.25, 0.3) is 0 Å². The van der Waals surface area contributed by atoms with E-state index in [2.05, 4.69) is 10.2 Å². The lowest BCUT2D eigenvalue weighted by Gasteiger charge is -2.05. The quantitative estimate of drug-likeness (QED) is 0.817. The van der Waals surface area contributed by atoms with Gasteiger partial charge in [0.15, 0.2) is 0 Å². The summed E-state index contributed by atoms with van der Waals surface area (Å²) < 4.78 is 18.3. The van der Waals surface area contributed by atoms with Crippen LogP contribution in [0.2, 0.25) is 0 Å². The highest BCUT2D eigenvalue weighted by Crippen LogP contribution is 2.12. The van der Waals surface area contributed by atoms with Gasteiger partial charge in [0.2, 0.25) is 5.16 Å². The first-order valence-corrected chi connectivity index (χ1v) is 7.10. The maximum Gasteiger partial charge on any atom is 0.221 e. The summed E-state index contributed by atoms with van der Waals surface area (Å²) in [5.41, 5.74) is 1.19. The lowest BCUT2D eigenvalue weighted by molar-refractivity contribution is 0.414. The second kappa shape index (κ2) is 5.77. The summed E-state index contributed by atoms with van der Waals surface area (Å²) in [6, 6.07) is 7.90. The van der Waals surface area contributed by atoms with Gasteiger partial charge in [0.25, 0.3) is 0 Å². The Morgan fingerprint density at radius 3 is 2.67 bits per heavy atom. The van der Waals surface area contributed by atoms with Crippen LogP contribution in [-0.4, -0.2) is 32.3 Å². The normalized spacial score (nSPS) is 12.3. The van der Waals surface area contributed by atoms with Crippen molar-refractivity contribution in [3.63, 3.8) is 0 Å². The fourth-order valence-corrected chi connectivity index (χ4v) is 2.29. The van der Waals surface area contributed by atoms with Crippen LogP contribution in [0.3, 0.4) is 0 Å². The lowest BCUT2D eigenvalue weighted by Crippen LogP contribution is -2.06. The van der Waals surface area contributed by atoms with Crippen molar-refractivity contribution in [2.24, 2.45) is 0 Å². The molecule has 1 heterocycles. The van der Waals surface area contributed by atoms with Gasteiger partial charge < -0.3 is 9.30 Å². The predicted molar refractivity (Wildman–Crippen MR) is 69.1 cm³/mol. The average molecular weight is 265 g/mol. The van der Waals surface area contributed by atoms with Crippen molar-refractivity contribution in [2.45, 2.75) is 18.1 Å². The summed E-state index contributed by atoms with van der Waals surface area (Å²) in [7, 11) is 0.545. The molecule has 0 fully saturated rings. The van der Waals surface area contributed by atoms with E-state index in [-0.39, 0.29) is 0 Å². The Labute approximate surface area is 108 Å². The molecule has 0 aliphatic heterocycles. The molecule has 5 nitrogen and oxygen atoms in total. The maximum absolute atomic E-state index is 11.4. The van der Waals surface area contributed by atoms with Crippen LogP contribution in [0.4, 0.5) is 0 Å². The first-order chi connectivity index (χ1) is 8.70. The highest BCUT2D eigenvalue weighted by Gasteiger charge is 2.07. The number of aryl methyl sites for hydroxylation is 2. The minimum atomic E-state index is -1.10. The molecule has 1 aromatic heterocycles. The number of aromatic nitrogens is 3. The van der Waals surface area contributed by atoms with Gasteiger partial charge in [-0.15, -0.1) is 10.2 Å².